The molecule has 2 saturated heterocycles. The lowest BCUT2D eigenvalue weighted by molar-refractivity contribution is -0.0135. The molecule has 0 radical (unpaired) electrons. The number of likely N-dealkylation sites (tertiary alicyclic amines) is 2. The maximum absolute atomic E-state index is 12.1. The van der Waals surface area contributed by atoms with Crippen molar-refractivity contribution >= 4 is 6.09 Å². The average molecular weight is 312 g/mol. The molecule has 2 aliphatic rings. The van der Waals surface area contributed by atoms with Gasteiger partial charge in [0.05, 0.1) is 0 Å². The molecule has 0 aliphatic carbocycles. The molecule has 0 aromatic carbocycles. The van der Waals surface area contributed by atoms with Gasteiger partial charge in [-0.3, -0.25) is 4.90 Å². The topological polar surface area (TPSA) is 53.0 Å². The summed E-state index contributed by atoms with van der Waals surface area (Å²) in [5, 5.41) is 9.26. The number of nitrogens with zero attached hydrogens (tertiary/aromatic N) is 2. The van der Waals surface area contributed by atoms with Crippen molar-refractivity contribution < 1.29 is 14.6 Å². The molecule has 0 spiro atoms. The third-order valence-corrected chi connectivity index (χ3v) is 5.13. The molecule has 0 atom stereocenters. The number of hydrogen-bond acceptors (Lipinski definition) is 4. The quantitative estimate of drug-likeness (QED) is 0.851. The lowest BCUT2D eigenvalue weighted by atomic mass is 9.84. The summed E-state index contributed by atoms with van der Waals surface area (Å²) < 4.78 is 5.47. The summed E-state index contributed by atoms with van der Waals surface area (Å²) in [6, 6.07) is 0. The van der Waals surface area contributed by atoms with Gasteiger partial charge in [0.25, 0.3) is 0 Å². The minimum atomic E-state index is -0.427. The Morgan fingerprint density at radius 1 is 1.18 bits per heavy atom. The van der Waals surface area contributed by atoms with Gasteiger partial charge in [0.2, 0.25) is 0 Å². The van der Waals surface area contributed by atoms with Gasteiger partial charge in [-0.25, -0.2) is 4.79 Å². The summed E-state index contributed by atoms with van der Waals surface area (Å²) in [5.74, 6) is 0.474. The minimum Gasteiger partial charge on any atom is -0.444 e. The van der Waals surface area contributed by atoms with Gasteiger partial charge in [0.1, 0.15) is 5.60 Å². The predicted octanol–water partition coefficient (Wildman–Crippen LogP) is 2.48. The van der Waals surface area contributed by atoms with Crippen LogP contribution in [-0.2, 0) is 4.74 Å². The summed E-state index contributed by atoms with van der Waals surface area (Å²) in [5.41, 5.74) is -0.247. The average Bonchev–Trinajstić information content (AvgIpc) is 2.46. The van der Waals surface area contributed by atoms with Crippen LogP contribution in [0.25, 0.3) is 0 Å². The maximum Gasteiger partial charge on any atom is 0.410 e. The van der Waals surface area contributed by atoms with E-state index in [1.54, 1.807) is 0 Å². The van der Waals surface area contributed by atoms with Gasteiger partial charge in [0.15, 0.2) is 0 Å². The van der Waals surface area contributed by atoms with E-state index in [1.165, 1.54) is 0 Å². The van der Waals surface area contributed by atoms with E-state index in [4.69, 9.17) is 4.74 Å². The molecule has 0 aromatic heterocycles. The Hall–Kier alpha value is -0.810. The summed E-state index contributed by atoms with van der Waals surface area (Å²) in [6.45, 7) is 12.0. The molecule has 5 heteroatoms. The van der Waals surface area contributed by atoms with Crippen LogP contribution in [0.4, 0.5) is 4.79 Å². The zero-order chi connectivity index (χ0) is 16.4. The Morgan fingerprint density at radius 2 is 1.73 bits per heavy atom. The second-order valence-electron chi connectivity index (χ2n) is 8.08. The van der Waals surface area contributed by atoms with E-state index in [0.29, 0.717) is 12.5 Å². The van der Waals surface area contributed by atoms with Crippen LogP contribution in [0.1, 0.15) is 53.4 Å². The highest BCUT2D eigenvalue weighted by molar-refractivity contribution is 5.68. The molecule has 2 rings (SSSR count). The molecular weight excluding hydrogens is 280 g/mol. The van der Waals surface area contributed by atoms with Crippen molar-refractivity contribution in [2.24, 2.45) is 5.92 Å². The summed E-state index contributed by atoms with van der Waals surface area (Å²) in [7, 11) is 0. The van der Waals surface area contributed by atoms with Crippen LogP contribution in [0, 0.1) is 5.92 Å². The standard InChI is InChI=1S/C17H32N2O3/c1-16(2,3)22-15(21)18-11-7-17(4,8-12-18)19-9-5-14(13-20)6-10-19/h14,20H,5-13H2,1-4H3. The van der Waals surface area contributed by atoms with Crippen LogP contribution < -0.4 is 0 Å². The van der Waals surface area contributed by atoms with Crippen LogP contribution in [0.2, 0.25) is 0 Å². The number of rotatable bonds is 2. The molecule has 1 amide bonds. The SMILES string of the molecule is CC(C)(C)OC(=O)N1CCC(C)(N2CCC(CO)CC2)CC1. The minimum absolute atomic E-state index is 0.180. The molecule has 2 fully saturated rings. The number of carbonyl (C=O) groups is 1. The van der Waals surface area contributed by atoms with Crippen molar-refractivity contribution in [3.63, 3.8) is 0 Å². The smallest absolute Gasteiger partial charge is 0.410 e. The molecule has 2 aliphatic heterocycles. The third-order valence-electron chi connectivity index (χ3n) is 5.13. The monoisotopic (exact) mass is 312 g/mol. The molecule has 0 unspecified atom stereocenters. The van der Waals surface area contributed by atoms with E-state index in [-0.39, 0.29) is 11.6 Å². The van der Waals surface area contributed by atoms with Crippen molar-refractivity contribution in [3.05, 3.63) is 0 Å². The summed E-state index contributed by atoms with van der Waals surface area (Å²) in [4.78, 5) is 16.5. The molecule has 0 aromatic rings. The van der Waals surface area contributed by atoms with Crippen LogP contribution in [0.15, 0.2) is 0 Å². The normalized spacial score (nSPS) is 24.3. The van der Waals surface area contributed by atoms with Gasteiger partial charge >= 0.3 is 6.09 Å². The van der Waals surface area contributed by atoms with Crippen molar-refractivity contribution in [2.75, 3.05) is 32.8 Å². The molecule has 22 heavy (non-hydrogen) atoms. The lowest BCUT2D eigenvalue weighted by Gasteiger charge is -2.49. The zero-order valence-electron chi connectivity index (χ0n) is 14.6. The van der Waals surface area contributed by atoms with Gasteiger partial charge < -0.3 is 14.7 Å². The van der Waals surface area contributed by atoms with Gasteiger partial charge in [-0.2, -0.15) is 0 Å². The Bertz CT molecular complexity index is 376. The fraction of sp³-hybridized carbons (Fsp3) is 0.941. The first-order chi connectivity index (χ1) is 10.2. The summed E-state index contributed by atoms with van der Waals surface area (Å²) in [6.07, 6.45) is 3.98. The van der Waals surface area contributed by atoms with E-state index in [1.807, 2.05) is 25.7 Å². The molecule has 2 heterocycles. The van der Waals surface area contributed by atoms with Crippen LogP contribution >= 0.6 is 0 Å². The molecule has 0 saturated carbocycles. The zero-order valence-corrected chi connectivity index (χ0v) is 14.6. The molecule has 0 bridgehead atoms. The number of amides is 1. The fourth-order valence-electron chi connectivity index (χ4n) is 3.47. The first-order valence-corrected chi connectivity index (χ1v) is 8.57. The first-order valence-electron chi connectivity index (χ1n) is 8.57. The molecular formula is C17H32N2O3. The highest BCUT2D eigenvalue weighted by Crippen LogP contribution is 2.32. The fourth-order valence-corrected chi connectivity index (χ4v) is 3.47. The van der Waals surface area contributed by atoms with Gasteiger partial charge in [-0.15, -0.1) is 0 Å². The number of carbonyl (C=O) groups excluding carboxylic acids is 1. The predicted molar refractivity (Wildman–Crippen MR) is 86.8 cm³/mol. The number of piperidine rings is 2. The lowest BCUT2D eigenvalue weighted by Crippen LogP contribution is -2.56. The summed E-state index contributed by atoms with van der Waals surface area (Å²) >= 11 is 0. The van der Waals surface area contributed by atoms with Crippen LogP contribution in [-0.4, -0.2) is 64.9 Å². The molecule has 5 nitrogen and oxygen atoms in total. The largest absolute Gasteiger partial charge is 0.444 e. The maximum atomic E-state index is 12.1. The number of ether oxygens (including phenoxy) is 1. The second kappa shape index (κ2) is 6.75. The second-order valence-corrected chi connectivity index (χ2v) is 8.08. The highest BCUT2D eigenvalue weighted by Gasteiger charge is 2.39. The van der Waals surface area contributed by atoms with E-state index in [9.17, 15) is 9.90 Å². The van der Waals surface area contributed by atoms with E-state index >= 15 is 0 Å². The Kier molecular flexibility index (Phi) is 5.38. The van der Waals surface area contributed by atoms with Crippen molar-refractivity contribution in [2.45, 2.75) is 64.5 Å². The van der Waals surface area contributed by atoms with Gasteiger partial charge in [-0.05, 0) is 72.4 Å². The highest BCUT2D eigenvalue weighted by atomic mass is 16.6. The number of aliphatic hydroxyl groups is 1. The van der Waals surface area contributed by atoms with Crippen LogP contribution in [0.3, 0.4) is 0 Å². The third kappa shape index (κ3) is 4.35. The van der Waals surface area contributed by atoms with E-state index in [2.05, 4.69) is 11.8 Å². The van der Waals surface area contributed by atoms with E-state index in [0.717, 1.165) is 51.9 Å². The van der Waals surface area contributed by atoms with Crippen molar-refractivity contribution in [1.82, 2.24) is 9.80 Å². The first kappa shape index (κ1) is 17.5. The Morgan fingerprint density at radius 3 is 2.18 bits per heavy atom. The van der Waals surface area contributed by atoms with Gasteiger partial charge in [0, 0.05) is 25.2 Å². The van der Waals surface area contributed by atoms with Gasteiger partial charge in [-0.1, -0.05) is 0 Å². The Labute approximate surface area is 134 Å². The van der Waals surface area contributed by atoms with Crippen LogP contribution in [0.5, 0.6) is 0 Å². The Balaban J connectivity index is 1.84. The molecule has 1 N–H and O–H groups in total. The van der Waals surface area contributed by atoms with Crippen molar-refractivity contribution in [1.29, 1.82) is 0 Å². The van der Waals surface area contributed by atoms with E-state index < -0.39 is 5.60 Å². The number of aliphatic hydroxyl groups excluding tert-OH is 1. The molecule has 128 valence electrons. The van der Waals surface area contributed by atoms with Crippen molar-refractivity contribution in [3.8, 4) is 0 Å². The number of hydrogen-bond donors (Lipinski definition) is 1.